The fourth-order valence-electron chi connectivity index (χ4n) is 2.72. The molecule has 2 rings (SSSR count). The van der Waals surface area contributed by atoms with Crippen LogP contribution in [-0.2, 0) is 19.2 Å². The Bertz CT molecular complexity index is 695. The molecule has 0 aliphatic heterocycles. The third-order valence-electron chi connectivity index (χ3n) is 3.85. The van der Waals surface area contributed by atoms with Gasteiger partial charge in [-0.1, -0.05) is 60.7 Å². The van der Waals surface area contributed by atoms with Crippen molar-refractivity contribution in [1.82, 2.24) is 0 Å². The van der Waals surface area contributed by atoms with Gasteiger partial charge in [0, 0.05) is 0 Å². The number of ketones is 4. The molecule has 0 heterocycles. The maximum atomic E-state index is 12.7. The van der Waals surface area contributed by atoms with Crippen molar-refractivity contribution in [2.24, 2.45) is 0 Å². The number of carbonyl (C=O) groups excluding carboxylic acids is 4. The van der Waals surface area contributed by atoms with Crippen LogP contribution in [-0.4, -0.2) is 23.1 Å². The van der Waals surface area contributed by atoms with E-state index in [1.165, 1.54) is 13.8 Å². The number of carbonyl (C=O) groups is 4. The minimum Gasteiger partial charge on any atom is -0.299 e. The molecule has 0 saturated carbocycles. The average Bonchev–Trinajstić information content (AvgIpc) is 2.56. The smallest absolute Gasteiger partial charge is 0.214 e. The van der Waals surface area contributed by atoms with Crippen LogP contribution in [0.5, 0.6) is 0 Å². The first-order valence-corrected chi connectivity index (χ1v) is 7.62. The van der Waals surface area contributed by atoms with Crippen molar-refractivity contribution in [3.63, 3.8) is 0 Å². The highest BCUT2D eigenvalue weighted by atomic mass is 16.2. The Labute approximate surface area is 140 Å². The summed E-state index contributed by atoms with van der Waals surface area (Å²) in [5.74, 6) is -4.89. The molecule has 0 radical (unpaired) electrons. The molecule has 24 heavy (non-hydrogen) atoms. The molecule has 0 fully saturated rings. The molecule has 0 amide bonds. The van der Waals surface area contributed by atoms with Crippen LogP contribution in [0.25, 0.3) is 0 Å². The van der Waals surface area contributed by atoms with Gasteiger partial charge in [0.15, 0.2) is 0 Å². The van der Waals surface area contributed by atoms with Gasteiger partial charge in [0.25, 0.3) is 0 Å². The Morgan fingerprint density at radius 2 is 0.875 bits per heavy atom. The van der Waals surface area contributed by atoms with Crippen LogP contribution in [0.2, 0.25) is 0 Å². The van der Waals surface area contributed by atoms with Gasteiger partial charge >= 0.3 is 0 Å². The first-order valence-electron chi connectivity index (χ1n) is 7.62. The summed E-state index contributed by atoms with van der Waals surface area (Å²) in [4.78, 5) is 49.3. The van der Waals surface area contributed by atoms with E-state index in [4.69, 9.17) is 0 Å². The van der Waals surface area contributed by atoms with E-state index in [2.05, 4.69) is 0 Å². The lowest BCUT2D eigenvalue weighted by atomic mass is 9.82. The highest BCUT2D eigenvalue weighted by molar-refractivity contribution is 6.47. The van der Waals surface area contributed by atoms with Crippen LogP contribution in [0.3, 0.4) is 0 Å². The lowest BCUT2D eigenvalue weighted by Gasteiger charge is -2.17. The standard InChI is InChI=1S/C20H18O4/c1-13(21)17(15-9-5-3-6-10-15)19(23)20(24)18(14(2)22)16-11-7-4-8-12-16/h3-12,17-18H,1-2H3. The van der Waals surface area contributed by atoms with E-state index in [9.17, 15) is 19.2 Å². The zero-order valence-corrected chi connectivity index (χ0v) is 13.6. The lowest BCUT2D eigenvalue weighted by Crippen LogP contribution is -2.33. The van der Waals surface area contributed by atoms with Crippen molar-refractivity contribution in [3.05, 3.63) is 71.8 Å². The summed E-state index contributed by atoms with van der Waals surface area (Å²) in [5.41, 5.74) is 0.914. The molecule has 0 aromatic heterocycles. The van der Waals surface area contributed by atoms with Gasteiger partial charge in [-0.2, -0.15) is 0 Å². The van der Waals surface area contributed by atoms with Gasteiger partial charge in [-0.3, -0.25) is 19.2 Å². The van der Waals surface area contributed by atoms with Crippen molar-refractivity contribution in [2.75, 3.05) is 0 Å². The Morgan fingerprint density at radius 3 is 1.12 bits per heavy atom. The van der Waals surface area contributed by atoms with Gasteiger partial charge < -0.3 is 0 Å². The van der Waals surface area contributed by atoms with Crippen LogP contribution in [0.1, 0.15) is 36.8 Å². The van der Waals surface area contributed by atoms with Gasteiger partial charge in [-0.25, -0.2) is 0 Å². The molecule has 2 unspecified atom stereocenters. The molecular weight excluding hydrogens is 304 g/mol. The summed E-state index contributed by atoms with van der Waals surface area (Å²) >= 11 is 0. The van der Waals surface area contributed by atoms with Gasteiger partial charge in [-0.15, -0.1) is 0 Å². The first-order chi connectivity index (χ1) is 11.4. The predicted octanol–water partition coefficient (Wildman–Crippen LogP) is 2.87. The summed E-state index contributed by atoms with van der Waals surface area (Å²) in [6.45, 7) is 2.54. The number of hydrogen-bond acceptors (Lipinski definition) is 4. The van der Waals surface area contributed by atoms with Gasteiger partial charge in [0.05, 0.1) is 0 Å². The third-order valence-corrected chi connectivity index (χ3v) is 3.85. The lowest BCUT2D eigenvalue weighted by molar-refractivity contribution is -0.142. The number of benzene rings is 2. The second-order valence-corrected chi connectivity index (χ2v) is 5.64. The largest absolute Gasteiger partial charge is 0.299 e. The molecule has 0 N–H and O–H groups in total. The van der Waals surface area contributed by atoms with Gasteiger partial charge in [0.2, 0.25) is 11.6 Å². The summed E-state index contributed by atoms with van der Waals surface area (Å²) in [6, 6.07) is 16.8. The summed E-state index contributed by atoms with van der Waals surface area (Å²) < 4.78 is 0. The number of Topliss-reactive ketones (excluding diaryl/α,β-unsaturated/α-hetero) is 4. The second kappa shape index (κ2) is 7.59. The van der Waals surface area contributed by atoms with Gasteiger partial charge in [-0.05, 0) is 25.0 Å². The SMILES string of the molecule is CC(=O)C(C(=O)C(=O)C(C(C)=O)c1ccccc1)c1ccccc1. The summed E-state index contributed by atoms with van der Waals surface area (Å²) in [6.07, 6.45) is 0. The van der Waals surface area contributed by atoms with Crippen LogP contribution < -0.4 is 0 Å². The van der Waals surface area contributed by atoms with E-state index in [0.717, 1.165) is 0 Å². The predicted molar refractivity (Wildman–Crippen MR) is 89.7 cm³/mol. The van der Waals surface area contributed by atoms with Crippen molar-refractivity contribution in [1.29, 1.82) is 0 Å². The fraction of sp³-hybridized carbons (Fsp3) is 0.200. The first kappa shape index (κ1) is 17.5. The quantitative estimate of drug-likeness (QED) is 0.580. The van der Waals surface area contributed by atoms with E-state index < -0.39 is 35.0 Å². The minimum atomic E-state index is -1.18. The normalized spacial score (nSPS) is 12.9. The molecule has 2 aromatic carbocycles. The minimum absolute atomic E-state index is 0.421. The molecule has 0 aliphatic carbocycles. The molecule has 122 valence electrons. The summed E-state index contributed by atoms with van der Waals surface area (Å²) in [7, 11) is 0. The molecular formula is C20H18O4. The van der Waals surface area contributed by atoms with Crippen molar-refractivity contribution < 1.29 is 19.2 Å². The summed E-state index contributed by atoms with van der Waals surface area (Å²) in [5, 5.41) is 0. The maximum Gasteiger partial charge on any atom is 0.214 e. The molecule has 4 nitrogen and oxygen atoms in total. The van der Waals surface area contributed by atoms with E-state index in [0.29, 0.717) is 11.1 Å². The van der Waals surface area contributed by atoms with Crippen LogP contribution in [0.4, 0.5) is 0 Å². The molecule has 0 bridgehead atoms. The fourth-order valence-corrected chi connectivity index (χ4v) is 2.72. The zero-order valence-electron chi connectivity index (χ0n) is 13.6. The monoisotopic (exact) mass is 322 g/mol. The molecule has 4 heteroatoms. The number of rotatable bonds is 7. The van der Waals surface area contributed by atoms with E-state index in [1.54, 1.807) is 60.7 Å². The third kappa shape index (κ3) is 3.71. The van der Waals surface area contributed by atoms with Crippen LogP contribution >= 0.6 is 0 Å². The van der Waals surface area contributed by atoms with Gasteiger partial charge in [0.1, 0.15) is 23.4 Å². The Balaban J connectivity index is 2.40. The van der Waals surface area contributed by atoms with Crippen LogP contribution in [0, 0.1) is 0 Å². The van der Waals surface area contributed by atoms with E-state index in [-0.39, 0.29) is 0 Å². The Kier molecular flexibility index (Phi) is 5.53. The Hall–Kier alpha value is -2.88. The molecule has 2 atom stereocenters. The van der Waals surface area contributed by atoms with Crippen LogP contribution in [0.15, 0.2) is 60.7 Å². The maximum absolute atomic E-state index is 12.7. The van der Waals surface area contributed by atoms with Crippen molar-refractivity contribution in [3.8, 4) is 0 Å². The van der Waals surface area contributed by atoms with E-state index in [1.807, 2.05) is 0 Å². The molecule has 0 spiro atoms. The Morgan fingerprint density at radius 1 is 0.583 bits per heavy atom. The number of hydrogen-bond donors (Lipinski definition) is 0. The highest BCUT2D eigenvalue weighted by Gasteiger charge is 2.37. The molecule has 0 aliphatic rings. The topological polar surface area (TPSA) is 68.3 Å². The molecule has 0 saturated heterocycles. The highest BCUT2D eigenvalue weighted by Crippen LogP contribution is 2.24. The second-order valence-electron chi connectivity index (χ2n) is 5.64. The van der Waals surface area contributed by atoms with Crippen molar-refractivity contribution >= 4 is 23.1 Å². The van der Waals surface area contributed by atoms with E-state index >= 15 is 0 Å². The average molecular weight is 322 g/mol. The molecule has 2 aromatic rings. The van der Waals surface area contributed by atoms with Crippen molar-refractivity contribution in [2.45, 2.75) is 25.7 Å². The zero-order chi connectivity index (χ0) is 17.7.